The van der Waals surface area contributed by atoms with Gasteiger partial charge in [-0.3, -0.25) is 0 Å². The maximum Gasteiger partial charge on any atom is 0.144 e. The van der Waals surface area contributed by atoms with Gasteiger partial charge in [0.25, 0.3) is 0 Å². The highest BCUT2D eigenvalue weighted by Crippen LogP contribution is 2.49. The molecule has 0 aliphatic carbocycles. The minimum Gasteiger partial charge on any atom is -0.456 e. The van der Waals surface area contributed by atoms with Gasteiger partial charge in [-0.1, -0.05) is 127 Å². The molecule has 0 aliphatic rings. The van der Waals surface area contributed by atoms with Gasteiger partial charge in [-0.15, -0.1) is 0 Å². The molecule has 0 amide bonds. The maximum absolute atomic E-state index is 9.68. The number of fused-ring (bicyclic) bond motifs is 6. The summed E-state index contributed by atoms with van der Waals surface area (Å²) in [5.74, 6) is -0.790. The van der Waals surface area contributed by atoms with Gasteiger partial charge in [0.1, 0.15) is 22.5 Å². The Hall–Kier alpha value is -5.60. The minimum absolute atomic E-state index is 0.381. The van der Waals surface area contributed by atoms with E-state index in [1.54, 1.807) is 0 Å². The van der Waals surface area contributed by atoms with E-state index in [-0.39, 0.29) is 5.39 Å². The van der Waals surface area contributed by atoms with E-state index in [1.165, 1.54) is 0 Å². The number of hydrogen-bond donors (Lipinski definition) is 0. The molecular formula is C40H24O2. The van der Waals surface area contributed by atoms with Gasteiger partial charge in [0, 0.05) is 33.3 Å². The molecule has 0 radical (unpaired) electrons. The predicted molar refractivity (Wildman–Crippen MR) is 175 cm³/mol. The van der Waals surface area contributed by atoms with E-state index in [0.29, 0.717) is 0 Å². The molecule has 0 spiro atoms. The Balaban J connectivity index is 1.68. The van der Waals surface area contributed by atoms with Crippen molar-refractivity contribution in [3.8, 4) is 33.6 Å². The van der Waals surface area contributed by atoms with Crippen molar-refractivity contribution < 1.29 is 41.7 Å². The van der Waals surface area contributed by atoms with E-state index in [1.807, 2.05) is 0 Å². The van der Waals surface area contributed by atoms with Crippen LogP contribution in [0.3, 0.4) is 0 Å². The normalized spacial score (nSPS) is 19.8. The summed E-state index contributed by atoms with van der Waals surface area (Å²) in [5, 5.41) is -4.07. The molecular weight excluding hydrogens is 512 g/mol. The molecule has 0 N–H and O–H groups in total. The fourth-order valence-electron chi connectivity index (χ4n) is 5.16. The highest BCUT2D eigenvalue weighted by atomic mass is 16.3. The fourth-order valence-corrected chi connectivity index (χ4v) is 5.16. The average Bonchev–Trinajstić information content (AvgIpc) is 3.90. The average molecular weight is 561 g/mol. The molecule has 0 unspecified atom stereocenters. The first kappa shape index (κ1) is 9.75. The number of para-hydroxylation sites is 1. The molecule has 0 bridgehead atoms. The molecule has 2 aromatic heterocycles. The van der Waals surface area contributed by atoms with Crippen molar-refractivity contribution in [1.82, 2.24) is 0 Å². The summed E-state index contributed by atoms with van der Waals surface area (Å²) < 4.78 is 225. The van der Waals surface area contributed by atoms with Crippen molar-refractivity contribution in [2.45, 2.75) is 0 Å². The minimum atomic E-state index is -0.957. The first-order chi connectivity index (χ1) is 30.8. The van der Waals surface area contributed by atoms with Crippen LogP contribution in [0.25, 0.3) is 88.0 Å². The Kier molecular flexibility index (Phi) is 2.08. The summed E-state index contributed by atoms with van der Waals surface area (Å²) in [7, 11) is 0. The van der Waals surface area contributed by atoms with Crippen molar-refractivity contribution in [3.05, 3.63) is 145 Å². The molecule has 0 fully saturated rings. The quantitative estimate of drug-likeness (QED) is 0.201. The van der Waals surface area contributed by atoms with E-state index in [9.17, 15) is 8.22 Å². The van der Waals surface area contributed by atoms with Crippen LogP contribution < -0.4 is 0 Å². The summed E-state index contributed by atoms with van der Waals surface area (Å²) in [6.07, 6.45) is 0. The number of rotatable bonds is 3. The Morgan fingerprint density at radius 1 is 0.333 bits per heavy atom. The first-order valence-electron chi connectivity index (χ1n) is 24.3. The molecule has 0 saturated carbocycles. The Morgan fingerprint density at radius 2 is 0.810 bits per heavy atom. The van der Waals surface area contributed by atoms with Gasteiger partial charge in [0.15, 0.2) is 0 Å². The van der Waals surface area contributed by atoms with Crippen LogP contribution in [0, 0.1) is 0 Å². The van der Waals surface area contributed by atoms with Crippen LogP contribution in [0.1, 0.15) is 32.9 Å². The Morgan fingerprint density at radius 3 is 1.43 bits per heavy atom. The lowest BCUT2D eigenvalue weighted by Crippen LogP contribution is -1.91. The highest BCUT2D eigenvalue weighted by Gasteiger charge is 2.24. The second-order valence-electron chi connectivity index (χ2n) is 9.02. The van der Waals surface area contributed by atoms with E-state index < -0.39 is 228 Å². The van der Waals surface area contributed by atoms with Crippen molar-refractivity contribution >= 4 is 54.5 Å². The lowest BCUT2D eigenvalue weighted by molar-refractivity contribution is 0.630. The molecule has 2 nitrogen and oxygen atoms in total. The summed E-state index contributed by atoms with van der Waals surface area (Å²) in [6.45, 7) is 0. The summed E-state index contributed by atoms with van der Waals surface area (Å²) in [6, 6.07) is -21.1. The van der Waals surface area contributed by atoms with Crippen LogP contribution in [0.2, 0.25) is 0 Å². The lowest BCUT2D eigenvalue weighted by atomic mass is 9.86. The van der Waals surface area contributed by atoms with Gasteiger partial charge in [-0.25, -0.2) is 0 Å². The summed E-state index contributed by atoms with van der Waals surface area (Å²) in [4.78, 5) is 0. The van der Waals surface area contributed by atoms with Gasteiger partial charge in [0.2, 0.25) is 0 Å². The van der Waals surface area contributed by atoms with E-state index in [0.717, 1.165) is 0 Å². The van der Waals surface area contributed by atoms with Crippen LogP contribution in [0.4, 0.5) is 0 Å². The van der Waals surface area contributed by atoms with Gasteiger partial charge in [-0.05, 0) is 50.3 Å². The standard InChI is InChI=1S/C40H24O2/c1-3-13-25(14-4-1)37-28-18-7-9-20-30(28)39(31-21-10-8-19-29(31)37)40-38(26-15-5-2-6-16-26)33-23-32-27-17-11-12-22-34(27)41-35(32)24-36(33)42-40/h1-24H/i1D,2D,3D,4D,5D,6D,7D,8D,9D,10D,11D,12D,13D,14D,15D,16D,17D,18D,19D,20D,21D,22D,23D,24D. The SMILES string of the molecule is [2H]c1c([2H])c([2H])c(-c2c(-c3c4c([2H])c([2H])c([2H])c([2H])c4c(-c4c([2H])c([2H])c([2H])c([2H])c4[2H])c4c([2H])c([2H])c([2H])c([2H])c34)oc3c([2H])c4oc5c([2H])c([2H])c([2H])c([2H])c5c4c([2H])c23)c([2H])c1[2H]. The van der Waals surface area contributed by atoms with Gasteiger partial charge >= 0.3 is 0 Å². The maximum atomic E-state index is 9.68. The largest absolute Gasteiger partial charge is 0.456 e. The Labute approximate surface area is 275 Å². The third kappa shape index (κ3) is 3.33. The van der Waals surface area contributed by atoms with E-state index >= 15 is 0 Å². The van der Waals surface area contributed by atoms with Crippen LogP contribution in [-0.4, -0.2) is 0 Å². The summed E-state index contributed by atoms with van der Waals surface area (Å²) >= 11 is 0. The third-order valence-corrected chi connectivity index (χ3v) is 6.82. The van der Waals surface area contributed by atoms with Crippen molar-refractivity contribution in [3.63, 3.8) is 0 Å². The van der Waals surface area contributed by atoms with Crippen LogP contribution in [0.15, 0.2) is 154 Å². The summed E-state index contributed by atoms with van der Waals surface area (Å²) in [5.41, 5.74) is -5.14. The zero-order valence-corrected chi connectivity index (χ0v) is 20.8. The molecule has 196 valence electrons. The highest BCUT2D eigenvalue weighted by molar-refractivity contribution is 6.23. The van der Waals surface area contributed by atoms with Crippen molar-refractivity contribution in [2.75, 3.05) is 0 Å². The van der Waals surface area contributed by atoms with Gasteiger partial charge in [-0.2, -0.15) is 0 Å². The second kappa shape index (κ2) is 8.95. The molecule has 42 heavy (non-hydrogen) atoms. The topological polar surface area (TPSA) is 26.3 Å². The van der Waals surface area contributed by atoms with Crippen LogP contribution in [0.5, 0.6) is 0 Å². The van der Waals surface area contributed by atoms with Gasteiger partial charge < -0.3 is 8.83 Å². The van der Waals surface area contributed by atoms with Crippen molar-refractivity contribution in [1.29, 1.82) is 0 Å². The fraction of sp³-hybridized carbons (Fsp3) is 0. The molecule has 9 rings (SSSR count). The second-order valence-corrected chi connectivity index (χ2v) is 9.02. The molecule has 0 aliphatic heterocycles. The van der Waals surface area contributed by atoms with Crippen molar-refractivity contribution in [2.24, 2.45) is 0 Å². The van der Waals surface area contributed by atoms with Gasteiger partial charge in [0.05, 0.1) is 32.9 Å². The monoisotopic (exact) mass is 560 g/mol. The van der Waals surface area contributed by atoms with E-state index in [4.69, 9.17) is 33.5 Å². The molecule has 0 atom stereocenters. The predicted octanol–water partition coefficient (Wildman–Crippen LogP) is 11.6. The zero-order chi connectivity index (χ0) is 48.5. The molecule has 7 aromatic carbocycles. The van der Waals surface area contributed by atoms with Crippen LogP contribution in [-0.2, 0) is 0 Å². The smallest absolute Gasteiger partial charge is 0.144 e. The molecule has 9 aromatic rings. The van der Waals surface area contributed by atoms with E-state index in [2.05, 4.69) is 0 Å². The Bertz CT molecular complexity index is 3670. The number of benzene rings is 7. The van der Waals surface area contributed by atoms with Crippen LogP contribution >= 0.6 is 0 Å². The third-order valence-electron chi connectivity index (χ3n) is 6.82. The zero-order valence-electron chi connectivity index (χ0n) is 44.8. The first-order valence-corrected chi connectivity index (χ1v) is 12.3. The number of hydrogen-bond acceptors (Lipinski definition) is 2. The molecule has 2 heteroatoms. The number of furan rings is 2. The molecule has 0 saturated heterocycles. The lowest BCUT2D eigenvalue weighted by Gasteiger charge is -2.17. The molecule has 2 heterocycles.